The zero-order valence-electron chi connectivity index (χ0n) is 11.5. The quantitative estimate of drug-likeness (QED) is 0.807. The van der Waals surface area contributed by atoms with Gasteiger partial charge in [-0.05, 0) is 30.5 Å². The van der Waals surface area contributed by atoms with Crippen LogP contribution in [0.2, 0.25) is 0 Å². The van der Waals surface area contributed by atoms with E-state index in [0.29, 0.717) is 0 Å². The van der Waals surface area contributed by atoms with Crippen molar-refractivity contribution in [1.29, 1.82) is 0 Å². The van der Waals surface area contributed by atoms with Gasteiger partial charge in [0.1, 0.15) is 0 Å². The van der Waals surface area contributed by atoms with Crippen molar-refractivity contribution in [3.05, 3.63) is 35.4 Å². The lowest BCUT2D eigenvalue weighted by atomic mass is 10.0. The van der Waals surface area contributed by atoms with Crippen LogP contribution in [0.1, 0.15) is 44.4 Å². The van der Waals surface area contributed by atoms with Crippen LogP contribution in [0.5, 0.6) is 0 Å². The number of aliphatic carboxylic acids is 1. The number of likely N-dealkylation sites (N-methyl/N-ethyl adjacent to an activating group) is 1. The molecule has 0 spiro atoms. The van der Waals surface area contributed by atoms with Crippen LogP contribution in [0.4, 0.5) is 0 Å². The minimum atomic E-state index is -0.763. The van der Waals surface area contributed by atoms with Crippen LogP contribution in [0.15, 0.2) is 24.3 Å². The molecule has 0 bridgehead atoms. The molecule has 0 fully saturated rings. The van der Waals surface area contributed by atoms with Crippen molar-refractivity contribution < 1.29 is 9.90 Å². The van der Waals surface area contributed by atoms with Gasteiger partial charge < -0.3 is 5.11 Å². The van der Waals surface area contributed by atoms with Crippen LogP contribution in [0.3, 0.4) is 0 Å². The fraction of sp³-hybridized carbons (Fsp3) is 0.533. The first-order valence-electron chi connectivity index (χ1n) is 6.67. The molecule has 0 radical (unpaired) electrons. The van der Waals surface area contributed by atoms with Crippen molar-refractivity contribution in [2.75, 3.05) is 13.1 Å². The summed E-state index contributed by atoms with van der Waals surface area (Å²) in [5.74, 6) is -0.763. The lowest BCUT2D eigenvalue weighted by Crippen LogP contribution is -2.33. The van der Waals surface area contributed by atoms with Crippen molar-refractivity contribution in [1.82, 2.24) is 4.90 Å². The van der Waals surface area contributed by atoms with Crippen molar-refractivity contribution >= 4 is 5.97 Å². The van der Waals surface area contributed by atoms with Gasteiger partial charge in [-0.1, -0.05) is 45.0 Å². The standard InChI is InChI=1S/C15H23NO2/c1-4-12-7-9-13(10-8-12)14(5-2)16(6-3)11-15(17)18/h7-10,14H,4-6,11H2,1-3H3,(H,17,18). The average molecular weight is 249 g/mol. The van der Waals surface area contributed by atoms with Gasteiger partial charge in [0.15, 0.2) is 0 Å². The highest BCUT2D eigenvalue weighted by Gasteiger charge is 2.19. The van der Waals surface area contributed by atoms with Crippen LogP contribution >= 0.6 is 0 Å². The molecule has 3 heteroatoms. The number of carbonyl (C=O) groups is 1. The van der Waals surface area contributed by atoms with E-state index in [2.05, 4.69) is 38.1 Å². The van der Waals surface area contributed by atoms with Crippen LogP contribution in [0, 0.1) is 0 Å². The predicted octanol–water partition coefficient (Wildman–Crippen LogP) is 3.11. The number of benzene rings is 1. The summed E-state index contributed by atoms with van der Waals surface area (Å²) in [4.78, 5) is 12.9. The molecule has 1 N–H and O–H groups in total. The van der Waals surface area contributed by atoms with Gasteiger partial charge >= 0.3 is 5.97 Å². The van der Waals surface area contributed by atoms with Gasteiger partial charge in [0.2, 0.25) is 0 Å². The molecule has 0 heterocycles. The molecule has 1 unspecified atom stereocenters. The molecule has 1 atom stereocenters. The van der Waals surface area contributed by atoms with Gasteiger partial charge in [0.05, 0.1) is 6.54 Å². The first-order chi connectivity index (χ1) is 8.62. The van der Waals surface area contributed by atoms with Gasteiger partial charge in [0, 0.05) is 6.04 Å². The van der Waals surface area contributed by atoms with E-state index in [1.165, 1.54) is 11.1 Å². The number of carboxylic acids is 1. The van der Waals surface area contributed by atoms with Crippen molar-refractivity contribution in [2.45, 2.75) is 39.7 Å². The Morgan fingerprint density at radius 2 is 1.83 bits per heavy atom. The van der Waals surface area contributed by atoms with E-state index in [4.69, 9.17) is 5.11 Å². The topological polar surface area (TPSA) is 40.5 Å². The van der Waals surface area contributed by atoms with Crippen molar-refractivity contribution in [3.8, 4) is 0 Å². The maximum absolute atomic E-state index is 10.9. The molecular formula is C15H23NO2. The molecule has 100 valence electrons. The number of nitrogens with zero attached hydrogens (tertiary/aromatic N) is 1. The third kappa shape index (κ3) is 3.84. The molecule has 0 saturated heterocycles. The lowest BCUT2D eigenvalue weighted by Gasteiger charge is -2.29. The van der Waals surface area contributed by atoms with E-state index in [9.17, 15) is 4.79 Å². The summed E-state index contributed by atoms with van der Waals surface area (Å²) in [7, 11) is 0. The Morgan fingerprint density at radius 1 is 1.22 bits per heavy atom. The van der Waals surface area contributed by atoms with Gasteiger partial charge in [-0.2, -0.15) is 0 Å². The summed E-state index contributed by atoms with van der Waals surface area (Å²) in [6.07, 6.45) is 1.95. The van der Waals surface area contributed by atoms with Gasteiger partial charge in [-0.3, -0.25) is 9.69 Å². The molecule has 3 nitrogen and oxygen atoms in total. The molecule has 1 aromatic carbocycles. The summed E-state index contributed by atoms with van der Waals surface area (Å²) in [6.45, 7) is 7.09. The minimum absolute atomic E-state index is 0.102. The van der Waals surface area contributed by atoms with Crippen LogP contribution in [-0.4, -0.2) is 29.1 Å². The van der Waals surface area contributed by atoms with E-state index in [-0.39, 0.29) is 12.6 Å². The Balaban J connectivity index is 2.88. The Bertz CT molecular complexity index is 373. The Kier molecular flexibility index (Phi) is 5.86. The highest BCUT2D eigenvalue weighted by molar-refractivity contribution is 5.69. The predicted molar refractivity (Wildman–Crippen MR) is 73.7 cm³/mol. The fourth-order valence-corrected chi connectivity index (χ4v) is 2.30. The van der Waals surface area contributed by atoms with Gasteiger partial charge in [0.25, 0.3) is 0 Å². The largest absolute Gasteiger partial charge is 0.480 e. The van der Waals surface area contributed by atoms with E-state index < -0.39 is 5.97 Å². The molecule has 18 heavy (non-hydrogen) atoms. The van der Waals surface area contributed by atoms with Crippen molar-refractivity contribution in [3.63, 3.8) is 0 Å². The number of hydrogen-bond donors (Lipinski definition) is 1. The second kappa shape index (κ2) is 7.17. The normalized spacial score (nSPS) is 12.7. The molecule has 0 aliphatic heterocycles. The Hall–Kier alpha value is -1.35. The maximum atomic E-state index is 10.9. The second-order valence-corrected chi connectivity index (χ2v) is 4.48. The summed E-state index contributed by atoms with van der Waals surface area (Å²) in [5, 5.41) is 8.95. The zero-order valence-corrected chi connectivity index (χ0v) is 11.5. The van der Waals surface area contributed by atoms with Crippen molar-refractivity contribution in [2.24, 2.45) is 0 Å². The van der Waals surface area contributed by atoms with Crippen LogP contribution in [0.25, 0.3) is 0 Å². The zero-order chi connectivity index (χ0) is 13.5. The van der Waals surface area contributed by atoms with Gasteiger partial charge in [-0.25, -0.2) is 0 Å². The smallest absolute Gasteiger partial charge is 0.317 e. The minimum Gasteiger partial charge on any atom is -0.480 e. The highest BCUT2D eigenvalue weighted by Crippen LogP contribution is 2.24. The fourth-order valence-electron chi connectivity index (χ4n) is 2.30. The third-order valence-electron chi connectivity index (χ3n) is 3.34. The number of rotatable bonds is 7. The van der Waals surface area contributed by atoms with E-state index in [1.54, 1.807) is 0 Å². The SMILES string of the molecule is CCc1ccc(C(CC)N(CC)CC(=O)O)cc1. The second-order valence-electron chi connectivity index (χ2n) is 4.48. The molecule has 0 aliphatic carbocycles. The molecule has 0 saturated carbocycles. The summed E-state index contributed by atoms with van der Waals surface area (Å²) in [6, 6.07) is 8.70. The molecular weight excluding hydrogens is 226 g/mol. The molecule has 1 rings (SSSR count). The lowest BCUT2D eigenvalue weighted by molar-refractivity contribution is -0.138. The Labute approximate surface area is 109 Å². The summed E-state index contributed by atoms with van der Waals surface area (Å²) < 4.78 is 0. The Morgan fingerprint density at radius 3 is 2.22 bits per heavy atom. The monoisotopic (exact) mass is 249 g/mol. The first-order valence-corrected chi connectivity index (χ1v) is 6.67. The molecule has 0 aliphatic rings. The van der Waals surface area contributed by atoms with E-state index >= 15 is 0 Å². The van der Waals surface area contributed by atoms with Gasteiger partial charge in [-0.15, -0.1) is 0 Å². The van der Waals surface area contributed by atoms with Crippen LogP contribution in [-0.2, 0) is 11.2 Å². The molecule has 0 amide bonds. The molecule has 0 aromatic heterocycles. The first kappa shape index (κ1) is 14.7. The third-order valence-corrected chi connectivity index (χ3v) is 3.34. The highest BCUT2D eigenvalue weighted by atomic mass is 16.4. The number of aryl methyl sites for hydroxylation is 1. The average Bonchev–Trinajstić information content (AvgIpc) is 2.38. The maximum Gasteiger partial charge on any atom is 0.317 e. The van der Waals surface area contributed by atoms with E-state index in [1.807, 2.05) is 11.8 Å². The summed E-state index contributed by atoms with van der Waals surface area (Å²) >= 11 is 0. The number of carboxylic acid groups (broad SMARTS) is 1. The summed E-state index contributed by atoms with van der Waals surface area (Å²) in [5.41, 5.74) is 2.52. The van der Waals surface area contributed by atoms with Crippen LogP contribution < -0.4 is 0 Å². The molecule has 1 aromatic rings. The van der Waals surface area contributed by atoms with E-state index in [0.717, 1.165) is 19.4 Å². The number of hydrogen-bond acceptors (Lipinski definition) is 2.